The molecule has 2 N–H and O–H groups in total. The molecule has 0 saturated carbocycles. The Morgan fingerprint density at radius 2 is 1.86 bits per heavy atom. The lowest BCUT2D eigenvalue weighted by molar-refractivity contribution is -0.123. The molecule has 1 heterocycles. The summed E-state index contributed by atoms with van der Waals surface area (Å²) in [5, 5.41) is 9.51. The number of ether oxygens (including phenoxy) is 2. The van der Waals surface area contributed by atoms with Crippen molar-refractivity contribution in [2.24, 2.45) is 0 Å². The van der Waals surface area contributed by atoms with Gasteiger partial charge in [-0.2, -0.15) is 5.10 Å². The smallest absolute Gasteiger partial charge is 0.357 e. The van der Waals surface area contributed by atoms with Crippen LogP contribution in [0.3, 0.4) is 0 Å². The highest BCUT2D eigenvalue weighted by Gasteiger charge is 2.21. The molecule has 2 aromatic carbocycles. The molecular formula is C21H20BrN3O4. The van der Waals surface area contributed by atoms with E-state index in [9.17, 15) is 9.59 Å². The van der Waals surface area contributed by atoms with E-state index in [1.165, 1.54) is 14.0 Å². The van der Waals surface area contributed by atoms with Crippen LogP contribution >= 0.6 is 15.9 Å². The maximum atomic E-state index is 12.4. The number of carbonyl (C=O) groups is 2. The molecule has 0 aliphatic carbocycles. The topological polar surface area (TPSA) is 93.3 Å². The highest BCUT2D eigenvalue weighted by Crippen LogP contribution is 2.25. The van der Waals surface area contributed by atoms with Crippen molar-refractivity contribution < 1.29 is 19.1 Å². The molecule has 7 nitrogen and oxygen atoms in total. The van der Waals surface area contributed by atoms with E-state index in [2.05, 4.69) is 31.4 Å². The van der Waals surface area contributed by atoms with E-state index in [1.54, 1.807) is 18.2 Å². The second kappa shape index (κ2) is 8.91. The number of halogens is 1. The van der Waals surface area contributed by atoms with E-state index in [-0.39, 0.29) is 5.69 Å². The van der Waals surface area contributed by atoms with Gasteiger partial charge in [-0.15, -0.1) is 0 Å². The van der Waals surface area contributed by atoms with Gasteiger partial charge in [0.2, 0.25) is 0 Å². The van der Waals surface area contributed by atoms with Gasteiger partial charge < -0.3 is 14.8 Å². The molecule has 0 radical (unpaired) electrons. The van der Waals surface area contributed by atoms with Crippen LogP contribution in [0.2, 0.25) is 0 Å². The normalized spacial score (nSPS) is 11.6. The van der Waals surface area contributed by atoms with E-state index in [1.807, 2.05) is 37.3 Å². The fourth-order valence-corrected chi connectivity index (χ4v) is 2.89. The third kappa shape index (κ3) is 5.03. The minimum atomic E-state index is -1.01. The van der Waals surface area contributed by atoms with Crippen molar-refractivity contribution in [1.82, 2.24) is 10.2 Å². The summed E-state index contributed by atoms with van der Waals surface area (Å²) in [5.74, 6) is -0.607. The average molecular weight is 458 g/mol. The summed E-state index contributed by atoms with van der Waals surface area (Å²) in [5.41, 5.74) is 3.09. The Balaban J connectivity index is 1.65. The standard InChI is InChI=1S/C21H20BrN3O4/c1-12-4-9-19(28-3)17(10-12)23-20(26)13(2)29-21(27)18-11-16(24-25-18)14-5-7-15(22)8-6-14/h4-11,13H,1-3H3,(H,23,26)(H,24,25)/t13-/m1/s1. The predicted molar refractivity (Wildman–Crippen MR) is 113 cm³/mol. The Bertz CT molecular complexity index is 1030. The fourth-order valence-electron chi connectivity index (χ4n) is 2.63. The maximum absolute atomic E-state index is 12.4. The zero-order valence-corrected chi connectivity index (χ0v) is 17.7. The number of hydrogen-bond acceptors (Lipinski definition) is 5. The second-order valence-corrected chi connectivity index (χ2v) is 7.33. The van der Waals surface area contributed by atoms with Crippen LogP contribution in [0, 0.1) is 6.92 Å². The minimum Gasteiger partial charge on any atom is -0.495 e. The average Bonchev–Trinajstić information content (AvgIpc) is 3.19. The first-order chi connectivity index (χ1) is 13.9. The number of amides is 1. The van der Waals surface area contributed by atoms with Crippen LogP contribution in [0.1, 0.15) is 23.0 Å². The van der Waals surface area contributed by atoms with Crippen molar-refractivity contribution in [1.29, 1.82) is 0 Å². The van der Waals surface area contributed by atoms with Gasteiger partial charge in [-0.25, -0.2) is 4.79 Å². The molecular weight excluding hydrogens is 438 g/mol. The number of nitrogens with zero attached hydrogens (tertiary/aromatic N) is 1. The lowest BCUT2D eigenvalue weighted by atomic mass is 10.1. The summed E-state index contributed by atoms with van der Waals surface area (Å²) >= 11 is 3.38. The van der Waals surface area contributed by atoms with Crippen molar-refractivity contribution in [3.8, 4) is 17.0 Å². The quantitative estimate of drug-likeness (QED) is 0.536. The van der Waals surface area contributed by atoms with E-state index < -0.39 is 18.0 Å². The zero-order valence-electron chi connectivity index (χ0n) is 16.2. The highest BCUT2D eigenvalue weighted by atomic mass is 79.9. The van der Waals surface area contributed by atoms with E-state index in [4.69, 9.17) is 9.47 Å². The number of anilines is 1. The zero-order chi connectivity index (χ0) is 21.0. The van der Waals surface area contributed by atoms with Gasteiger partial charge in [0.05, 0.1) is 18.5 Å². The largest absolute Gasteiger partial charge is 0.495 e. The lowest BCUT2D eigenvalue weighted by Gasteiger charge is -2.15. The lowest BCUT2D eigenvalue weighted by Crippen LogP contribution is -2.30. The number of methoxy groups -OCH3 is 1. The Hall–Kier alpha value is -3.13. The Kier molecular flexibility index (Phi) is 6.33. The Morgan fingerprint density at radius 3 is 2.55 bits per heavy atom. The number of rotatable bonds is 6. The molecule has 0 bridgehead atoms. The first-order valence-electron chi connectivity index (χ1n) is 8.85. The number of nitrogens with one attached hydrogen (secondary N) is 2. The van der Waals surface area contributed by atoms with Gasteiger partial charge in [0.15, 0.2) is 6.10 Å². The first-order valence-corrected chi connectivity index (χ1v) is 9.64. The van der Waals surface area contributed by atoms with E-state index in [0.717, 1.165) is 15.6 Å². The number of aromatic amines is 1. The molecule has 0 aliphatic heterocycles. The molecule has 8 heteroatoms. The van der Waals surface area contributed by atoms with Crippen molar-refractivity contribution in [3.63, 3.8) is 0 Å². The maximum Gasteiger partial charge on any atom is 0.357 e. The molecule has 0 spiro atoms. The molecule has 1 atom stereocenters. The number of esters is 1. The predicted octanol–water partition coefficient (Wildman–Crippen LogP) is 4.34. The van der Waals surface area contributed by atoms with Crippen molar-refractivity contribution >= 4 is 33.5 Å². The molecule has 1 amide bonds. The number of hydrogen-bond donors (Lipinski definition) is 2. The number of H-pyrrole nitrogens is 1. The summed E-state index contributed by atoms with van der Waals surface area (Å²) in [4.78, 5) is 24.8. The highest BCUT2D eigenvalue weighted by molar-refractivity contribution is 9.10. The monoisotopic (exact) mass is 457 g/mol. The summed E-state index contributed by atoms with van der Waals surface area (Å²) in [7, 11) is 1.52. The van der Waals surface area contributed by atoms with Crippen LogP contribution in [0.15, 0.2) is 53.0 Å². The SMILES string of the molecule is COc1ccc(C)cc1NC(=O)[C@@H](C)OC(=O)c1cc(-c2ccc(Br)cc2)n[nH]1. The van der Waals surface area contributed by atoms with Gasteiger partial charge in [-0.1, -0.05) is 34.1 Å². The van der Waals surface area contributed by atoms with Crippen LogP contribution in [-0.2, 0) is 9.53 Å². The number of carbonyl (C=O) groups excluding carboxylic acids is 2. The van der Waals surface area contributed by atoms with Gasteiger partial charge in [-0.05, 0) is 49.7 Å². The minimum absolute atomic E-state index is 0.163. The van der Waals surface area contributed by atoms with Crippen LogP contribution < -0.4 is 10.1 Å². The third-order valence-corrected chi connectivity index (χ3v) is 4.73. The molecule has 29 heavy (non-hydrogen) atoms. The van der Waals surface area contributed by atoms with Crippen molar-refractivity contribution in [2.75, 3.05) is 12.4 Å². The third-order valence-electron chi connectivity index (χ3n) is 4.20. The number of aryl methyl sites for hydroxylation is 1. The molecule has 1 aromatic heterocycles. The first kappa shape index (κ1) is 20.6. The molecule has 0 fully saturated rings. The number of benzene rings is 2. The fraction of sp³-hybridized carbons (Fsp3) is 0.190. The van der Waals surface area contributed by atoms with Gasteiger partial charge in [0.1, 0.15) is 11.4 Å². The van der Waals surface area contributed by atoms with Crippen molar-refractivity contribution in [2.45, 2.75) is 20.0 Å². The van der Waals surface area contributed by atoms with Crippen molar-refractivity contribution in [3.05, 3.63) is 64.3 Å². The van der Waals surface area contributed by atoms with Gasteiger partial charge in [0.25, 0.3) is 5.91 Å². The molecule has 3 aromatic rings. The van der Waals surface area contributed by atoms with Crippen LogP contribution in [-0.4, -0.2) is 35.3 Å². The molecule has 3 rings (SSSR count). The van der Waals surface area contributed by atoms with Crippen LogP contribution in [0.5, 0.6) is 5.75 Å². The summed E-state index contributed by atoms with van der Waals surface area (Å²) in [6.07, 6.45) is -1.01. The van der Waals surface area contributed by atoms with Gasteiger partial charge in [0, 0.05) is 10.0 Å². The van der Waals surface area contributed by atoms with E-state index in [0.29, 0.717) is 17.1 Å². The number of aromatic nitrogens is 2. The summed E-state index contributed by atoms with van der Waals surface area (Å²) < 4.78 is 11.5. The Morgan fingerprint density at radius 1 is 1.14 bits per heavy atom. The molecule has 0 aliphatic rings. The van der Waals surface area contributed by atoms with Gasteiger partial charge >= 0.3 is 5.97 Å². The van der Waals surface area contributed by atoms with Gasteiger partial charge in [-0.3, -0.25) is 9.89 Å². The molecule has 150 valence electrons. The summed E-state index contributed by atoms with van der Waals surface area (Å²) in [6.45, 7) is 3.40. The Labute approximate surface area is 176 Å². The summed E-state index contributed by atoms with van der Waals surface area (Å²) in [6, 6.07) is 14.5. The molecule has 0 saturated heterocycles. The second-order valence-electron chi connectivity index (χ2n) is 6.41. The van der Waals surface area contributed by atoms with E-state index >= 15 is 0 Å². The van der Waals surface area contributed by atoms with Crippen LogP contribution in [0.4, 0.5) is 5.69 Å². The molecule has 0 unspecified atom stereocenters. The van der Waals surface area contributed by atoms with Crippen LogP contribution in [0.25, 0.3) is 11.3 Å².